The van der Waals surface area contributed by atoms with E-state index in [1.807, 2.05) is 0 Å². The lowest BCUT2D eigenvalue weighted by molar-refractivity contribution is 0.490. The zero-order valence-corrected chi connectivity index (χ0v) is 37.2. The fourth-order valence-electron chi connectivity index (χ4n) is 10.6. The van der Waals surface area contributed by atoms with E-state index in [1.54, 1.807) is 0 Å². The van der Waals surface area contributed by atoms with Gasteiger partial charge in [-0.25, -0.2) is 0 Å². The van der Waals surface area contributed by atoms with Crippen LogP contribution in [0.3, 0.4) is 0 Å². The molecule has 0 aromatic heterocycles. The van der Waals surface area contributed by atoms with Crippen molar-refractivity contribution in [2.45, 2.75) is 44.9 Å². The molecule has 0 spiro atoms. The Labute approximate surface area is 384 Å². The van der Waals surface area contributed by atoms with E-state index in [0.717, 1.165) is 37.1 Å². The highest BCUT2D eigenvalue weighted by atomic mass is 15.2. The Bertz CT molecular complexity index is 3070. The second-order valence-corrected chi connectivity index (χ2v) is 17.5. The van der Waals surface area contributed by atoms with Gasteiger partial charge < -0.3 is 9.80 Å². The number of hydrogen-bond acceptors (Lipinski definition) is 2. The molecule has 314 valence electrons. The third-order valence-corrected chi connectivity index (χ3v) is 14.0. The molecule has 2 nitrogen and oxygen atoms in total. The summed E-state index contributed by atoms with van der Waals surface area (Å²) in [6.45, 7) is 4.71. The van der Waals surface area contributed by atoms with Gasteiger partial charge in [-0.2, -0.15) is 0 Å². The first-order valence-electron chi connectivity index (χ1n) is 23.3. The third kappa shape index (κ3) is 7.26. The summed E-state index contributed by atoms with van der Waals surface area (Å²) in [6, 6.07) is 80.4. The Morgan fingerprint density at radius 3 is 1.51 bits per heavy atom. The molecular formula is C63H52N2. The van der Waals surface area contributed by atoms with E-state index in [2.05, 4.69) is 254 Å². The minimum Gasteiger partial charge on any atom is -0.310 e. The Morgan fingerprint density at radius 1 is 0.400 bits per heavy atom. The van der Waals surface area contributed by atoms with Crippen molar-refractivity contribution < 1.29 is 0 Å². The van der Waals surface area contributed by atoms with E-state index in [-0.39, 0.29) is 5.41 Å². The number of nitrogens with zero attached hydrogens (tertiary/aromatic N) is 2. The molecule has 0 saturated heterocycles. The van der Waals surface area contributed by atoms with Gasteiger partial charge in [0, 0.05) is 39.4 Å². The van der Waals surface area contributed by atoms with Crippen molar-refractivity contribution in [3.63, 3.8) is 0 Å². The van der Waals surface area contributed by atoms with E-state index in [4.69, 9.17) is 0 Å². The number of hydrogen-bond donors (Lipinski definition) is 0. The number of fused-ring (bicyclic) bond motifs is 5. The fourth-order valence-corrected chi connectivity index (χ4v) is 10.6. The summed E-state index contributed by atoms with van der Waals surface area (Å²) in [5.41, 5.74) is 22.6. The molecule has 1 aliphatic carbocycles. The maximum atomic E-state index is 2.51. The van der Waals surface area contributed by atoms with Crippen LogP contribution in [0.25, 0.3) is 45.5 Å². The van der Waals surface area contributed by atoms with Gasteiger partial charge in [-0.05, 0) is 141 Å². The summed E-state index contributed by atoms with van der Waals surface area (Å²) in [5.74, 6) is 0. The topological polar surface area (TPSA) is 6.48 Å². The molecule has 0 atom stereocenters. The Morgan fingerprint density at radius 2 is 0.892 bits per heavy atom. The molecule has 0 radical (unpaired) electrons. The van der Waals surface area contributed by atoms with Crippen LogP contribution in [0, 0.1) is 0 Å². The van der Waals surface area contributed by atoms with Gasteiger partial charge in [-0.1, -0.05) is 190 Å². The molecule has 1 aliphatic heterocycles. The summed E-state index contributed by atoms with van der Waals surface area (Å²) in [4.78, 5) is 4.89. The molecule has 2 heteroatoms. The van der Waals surface area contributed by atoms with E-state index in [0.29, 0.717) is 0 Å². The quantitative estimate of drug-likeness (QED) is 0.127. The Hall–Kier alpha value is -7.68. The van der Waals surface area contributed by atoms with Crippen molar-refractivity contribution in [1.82, 2.24) is 0 Å². The summed E-state index contributed by atoms with van der Waals surface area (Å²) < 4.78 is 0. The number of anilines is 6. The second-order valence-electron chi connectivity index (χ2n) is 17.5. The Balaban J connectivity index is 0.930. The van der Waals surface area contributed by atoms with Crippen LogP contribution < -0.4 is 9.80 Å². The summed E-state index contributed by atoms with van der Waals surface area (Å²) >= 11 is 0. The third-order valence-electron chi connectivity index (χ3n) is 14.0. The Kier molecular flexibility index (Phi) is 10.6. The van der Waals surface area contributed by atoms with E-state index >= 15 is 0 Å². The molecule has 0 unspecified atom stereocenters. The van der Waals surface area contributed by atoms with Crippen LogP contribution in [0.15, 0.2) is 218 Å². The van der Waals surface area contributed by atoms with Crippen molar-refractivity contribution >= 4 is 46.3 Å². The highest BCUT2D eigenvalue weighted by Gasteiger charge is 2.41. The van der Waals surface area contributed by atoms with Gasteiger partial charge in [-0.15, -0.1) is 0 Å². The predicted molar refractivity (Wildman–Crippen MR) is 276 cm³/mol. The number of aryl methyl sites for hydroxylation is 2. The molecule has 11 rings (SSSR count). The van der Waals surface area contributed by atoms with Crippen molar-refractivity contribution in [3.8, 4) is 33.4 Å². The molecule has 2 aliphatic rings. The molecule has 9 aromatic rings. The van der Waals surface area contributed by atoms with Gasteiger partial charge in [0.15, 0.2) is 0 Å². The van der Waals surface area contributed by atoms with Crippen LogP contribution in [0.4, 0.5) is 34.1 Å². The van der Waals surface area contributed by atoms with Gasteiger partial charge in [0.2, 0.25) is 0 Å². The molecule has 65 heavy (non-hydrogen) atoms. The van der Waals surface area contributed by atoms with Crippen LogP contribution in [-0.4, -0.2) is 0 Å². The molecular weight excluding hydrogens is 785 g/mol. The molecule has 0 saturated carbocycles. The van der Waals surface area contributed by atoms with E-state index < -0.39 is 0 Å². The molecule has 9 aromatic carbocycles. The predicted octanol–water partition coefficient (Wildman–Crippen LogP) is 17.3. The standard InChI is InChI=1S/C63H52N2/c1-3-63(4-2)58-42-46(32-39-56(58)57-41-38-54(44-59(57)63)64(52-22-10-6-11-23-52)53-24-12-7-13-25-53)29-28-45-30-33-48(34-31-45)55-40-37-51(47-18-8-5-9-19-47)43-62(55)65-60-26-16-14-20-49(60)35-36-50-21-15-17-27-61(50)65/h5-34,37-44H,3-4,35-36H2,1-2H3/b29-28+. The van der Waals surface area contributed by atoms with Gasteiger partial charge in [0.1, 0.15) is 0 Å². The van der Waals surface area contributed by atoms with Crippen LogP contribution in [0.1, 0.15) is 60.1 Å². The maximum absolute atomic E-state index is 2.51. The maximum Gasteiger partial charge on any atom is 0.0546 e. The lowest BCUT2D eigenvalue weighted by atomic mass is 9.73. The fraction of sp³-hybridized carbons (Fsp3) is 0.111. The van der Waals surface area contributed by atoms with Gasteiger partial charge >= 0.3 is 0 Å². The van der Waals surface area contributed by atoms with Crippen molar-refractivity contribution in [1.29, 1.82) is 0 Å². The smallest absolute Gasteiger partial charge is 0.0546 e. The van der Waals surface area contributed by atoms with Crippen molar-refractivity contribution in [3.05, 3.63) is 252 Å². The molecule has 0 N–H and O–H groups in total. The highest BCUT2D eigenvalue weighted by molar-refractivity contribution is 5.93. The molecule has 0 bridgehead atoms. The van der Waals surface area contributed by atoms with Crippen molar-refractivity contribution in [2.24, 2.45) is 0 Å². The zero-order valence-electron chi connectivity index (χ0n) is 37.2. The van der Waals surface area contributed by atoms with Gasteiger partial charge in [0.25, 0.3) is 0 Å². The monoisotopic (exact) mass is 836 g/mol. The van der Waals surface area contributed by atoms with Crippen LogP contribution in [0.2, 0.25) is 0 Å². The second kappa shape index (κ2) is 17.1. The molecule has 0 fully saturated rings. The summed E-state index contributed by atoms with van der Waals surface area (Å²) in [7, 11) is 0. The summed E-state index contributed by atoms with van der Waals surface area (Å²) in [5, 5.41) is 0. The average Bonchev–Trinajstić information content (AvgIpc) is 3.53. The van der Waals surface area contributed by atoms with Gasteiger partial charge in [0.05, 0.1) is 5.69 Å². The minimum absolute atomic E-state index is 0.0760. The first kappa shape index (κ1) is 40.1. The normalized spacial score (nSPS) is 13.4. The lowest BCUT2D eigenvalue weighted by Crippen LogP contribution is -2.23. The first-order valence-corrected chi connectivity index (χ1v) is 23.3. The largest absolute Gasteiger partial charge is 0.310 e. The highest BCUT2D eigenvalue weighted by Crippen LogP contribution is 2.55. The molecule has 1 heterocycles. The number of para-hydroxylation sites is 4. The average molecular weight is 837 g/mol. The van der Waals surface area contributed by atoms with Crippen LogP contribution in [0.5, 0.6) is 0 Å². The van der Waals surface area contributed by atoms with E-state index in [9.17, 15) is 0 Å². The summed E-state index contributed by atoms with van der Waals surface area (Å²) in [6.07, 6.45) is 8.64. The lowest BCUT2D eigenvalue weighted by Gasteiger charge is -2.32. The zero-order chi connectivity index (χ0) is 43.7. The number of benzene rings is 9. The van der Waals surface area contributed by atoms with Crippen LogP contribution in [-0.2, 0) is 18.3 Å². The number of rotatable bonds is 10. The first-order chi connectivity index (χ1) is 32.1. The van der Waals surface area contributed by atoms with Crippen LogP contribution >= 0.6 is 0 Å². The SMILES string of the molecule is CCC1(CC)c2cc(/C=C/c3ccc(-c4ccc(-c5ccccc5)cc4N4c5ccccc5CCc5ccccc54)cc3)ccc2-c2ccc(N(c3ccccc3)c3ccccc3)cc21. The van der Waals surface area contributed by atoms with Crippen molar-refractivity contribution in [2.75, 3.05) is 9.80 Å². The van der Waals surface area contributed by atoms with Gasteiger partial charge in [-0.3, -0.25) is 0 Å². The van der Waals surface area contributed by atoms with E-state index in [1.165, 1.54) is 89.5 Å². The minimum atomic E-state index is -0.0760. The molecule has 0 amide bonds.